The number of hydrogen-bond donors (Lipinski definition) is 1. The van der Waals surface area contributed by atoms with Crippen LogP contribution in [0.3, 0.4) is 0 Å². The minimum atomic E-state index is -1.87. The fraction of sp³-hybridized carbons (Fsp3) is 0.941. The number of nitrogens with one attached hydrogen (secondary N) is 1. The maximum Gasteiger partial charge on any atom is 0.311 e. The molecular weight excluding hydrogens is 294 g/mol. The summed E-state index contributed by atoms with van der Waals surface area (Å²) < 4.78 is 11.8. The Labute approximate surface area is 136 Å². The lowest BCUT2D eigenvalue weighted by Crippen LogP contribution is -2.54. The van der Waals surface area contributed by atoms with Crippen molar-refractivity contribution in [3.05, 3.63) is 0 Å². The van der Waals surface area contributed by atoms with Crippen LogP contribution in [0.2, 0.25) is 18.1 Å². The SMILES string of the molecule is COC(=O)[C@@H]1[C@H]2CCNC[C@@H]2CC[C@@H]1O[Si](C)(C)C(C)(C)C. The van der Waals surface area contributed by atoms with Crippen LogP contribution in [0, 0.1) is 17.8 Å². The number of methoxy groups -OCH3 is 1. The Morgan fingerprint density at radius 1 is 1.18 bits per heavy atom. The quantitative estimate of drug-likeness (QED) is 0.639. The van der Waals surface area contributed by atoms with Crippen LogP contribution >= 0.6 is 0 Å². The summed E-state index contributed by atoms with van der Waals surface area (Å²) in [6.45, 7) is 13.3. The minimum Gasteiger partial charge on any atom is -0.469 e. The van der Waals surface area contributed by atoms with Crippen molar-refractivity contribution in [2.75, 3.05) is 20.2 Å². The van der Waals surface area contributed by atoms with E-state index in [1.165, 1.54) is 7.11 Å². The van der Waals surface area contributed by atoms with Crippen molar-refractivity contribution >= 4 is 14.3 Å². The van der Waals surface area contributed by atoms with E-state index in [2.05, 4.69) is 39.2 Å². The van der Waals surface area contributed by atoms with Gasteiger partial charge >= 0.3 is 5.97 Å². The Bertz CT molecular complexity index is 405. The van der Waals surface area contributed by atoms with E-state index in [1.54, 1.807) is 0 Å². The molecule has 2 aliphatic rings. The molecule has 0 aromatic heterocycles. The number of ether oxygens (including phenoxy) is 1. The van der Waals surface area contributed by atoms with E-state index >= 15 is 0 Å². The normalized spacial score (nSPS) is 33.2. The van der Waals surface area contributed by atoms with Crippen molar-refractivity contribution in [3.63, 3.8) is 0 Å². The van der Waals surface area contributed by atoms with Gasteiger partial charge in [0.1, 0.15) is 0 Å². The zero-order chi connectivity index (χ0) is 16.5. The Morgan fingerprint density at radius 3 is 2.45 bits per heavy atom. The summed E-state index contributed by atoms with van der Waals surface area (Å²) in [5.74, 6) is 0.856. The van der Waals surface area contributed by atoms with Gasteiger partial charge in [-0.15, -0.1) is 0 Å². The van der Waals surface area contributed by atoms with E-state index < -0.39 is 8.32 Å². The lowest BCUT2D eigenvalue weighted by Gasteiger charge is -2.48. The third kappa shape index (κ3) is 3.57. The summed E-state index contributed by atoms with van der Waals surface area (Å²) in [7, 11) is -0.362. The zero-order valence-electron chi connectivity index (χ0n) is 15.1. The predicted molar refractivity (Wildman–Crippen MR) is 91.3 cm³/mol. The summed E-state index contributed by atoms with van der Waals surface area (Å²) in [5, 5.41) is 3.63. The van der Waals surface area contributed by atoms with Gasteiger partial charge in [0, 0.05) is 0 Å². The van der Waals surface area contributed by atoms with Crippen LogP contribution in [0.25, 0.3) is 0 Å². The second-order valence-electron chi connectivity index (χ2n) is 8.46. The lowest BCUT2D eigenvalue weighted by atomic mass is 9.67. The summed E-state index contributed by atoms with van der Waals surface area (Å²) in [4.78, 5) is 12.5. The molecule has 1 aliphatic heterocycles. The molecule has 1 aliphatic carbocycles. The van der Waals surface area contributed by atoms with Crippen molar-refractivity contribution in [1.82, 2.24) is 5.32 Å². The molecule has 0 aromatic rings. The fourth-order valence-corrected chi connectivity index (χ4v) is 5.09. The Balaban J connectivity index is 2.20. The van der Waals surface area contributed by atoms with Crippen molar-refractivity contribution in [2.24, 2.45) is 17.8 Å². The molecular formula is C17H33NO3Si. The molecule has 22 heavy (non-hydrogen) atoms. The summed E-state index contributed by atoms with van der Waals surface area (Å²) in [6.07, 6.45) is 3.23. The maximum absolute atomic E-state index is 12.5. The molecule has 1 N–H and O–H groups in total. The number of hydrogen-bond acceptors (Lipinski definition) is 4. The lowest BCUT2D eigenvalue weighted by molar-refractivity contribution is -0.156. The Kier molecular flexibility index (Phi) is 5.40. The van der Waals surface area contributed by atoms with Gasteiger partial charge in [0.05, 0.1) is 19.1 Å². The molecule has 2 fully saturated rings. The molecule has 2 rings (SSSR count). The molecule has 128 valence electrons. The van der Waals surface area contributed by atoms with E-state index in [4.69, 9.17) is 9.16 Å². The first-order valence-corrected chi connectivity index (χ1v) is 11.5. The van der Waals surface area contributed by atoms with Crippen LogP contribution in [-0.2, 0) is 14.0 Å². The highest BCUT2D eigenvalue weighted by Crippen LogP contribution is 2.44. The first-order valence-electron chi connectivity index (χ1n) is 8.64. The van der Waals surface area contributed by atoms with Crippen molar-refractivity contribution in [3.8, 4) is 0 Å². The molecule has 0 unspecified atom stereocenters. The van der Waals surface area contributed by atoms with Crippen LogP contribution in [0.5, 0.6) is 0 Å². The van der Waals surface area contributed by atoms with Crippen LogP contribution in [0.1, 0.15) is 40.0 Å². The number of rotatable bonds is 3. The molecule has 0 spiro atoms. The first-order chi connectivity index (χ1) is 10.2. The molecule has 0 radical (unpaired) electrons. The Morgan fingerprint density at radius 2 is 1.86 bits per heavy atom. The molecule has 1 saturated carbocycles. The van der Waals surface area contributed by atoms with Crippen molar-refractivity contribution in [1.29, 1.82) is 0 Å². The summed E-state index contributed by atoms with van der Waals surface area (Å²) >= 11 is 0. The number of carbonyl (C=O) groups excluding carboxylic acids is 1. The van der Waals surface area contributed by atoms with E-state index in [0.717, 1.165) is 32.4 Å². The summed E-state index contributed by atoms with van der Waals surface area (Å²) in [5.41, 5.74) is 0. The van der Waals surface area contributed by atoms with Gasteiger partial charge in [0.2, 0.25) is 0 Å². The van der Waals surface area contributed by atoms with Gasteiger partial charge in [-0.2, -0.15) is 0 Å². The first kappa shape index (κ1) is 18.0. The second kappa shape index (κ2) is 6.61. The molecule has 0 aromatic carbocycles. The van der Waals surface area contributed by atoms with Gasteiger partial charge in [-0.25, -0.2) is 0 Å². The molecule has 4 nitrogen and oxygen atoms in total. The summed E-state index contributed by atoms with van der Waals surface area (Å²) in [6, 6.07) is 0. The van der Waals surface area contributed by atoms with Gasteiger partial charge in [-0.1, -0.05) is 20.8 Å². The highest BCUT2D eigenvalue weighted by Gasteiger charge is 2.49. The average molecular weight is 328 g/mol. The van der Waals surface area contributed by atoms with Crippen LogP contribution in [0.4, 0.5) is 0 Å². The molecule has 0 bridgehead atoms. The number of fused-ring (bicyclic) bond motifs is 1. The molecule has 0 amide bonds. The van der Waals surface area contributed by atoms with Gasteiger partial charge < -0.3 is 14.5 Å². The molecule has 4 atom stereocenters. The third-order valence-corrected chi connectivity index (χ3v) is 10.6. The van der Waals surface area contributed by atoms with Gasteiger partial charge in [-0.3, -0.25) is 4.79 Å². The van der Waals surface area contributed by atoms with Gasteiger partial charge in [-0.05, 0) is 62.3 Å². The zero-order valence-corrected chi connectivity index (χ0v) is 16.1. The third-order valence-electron chi connectivity index (χ3n) is 6.08. The fourth-order valence-electron chi connectivity index (χ4n) is 3.72. The Hall–Kier alpha value is -0.393. The minimum absolute atomic E-state index is 0.0349. The van der Waals surface area contributed by atoms with Crippen molar-refractivity contribution < 1.29 is 14.0 Å². The monoisotopic (exact) mass is 327 g/mol. The van der Waals surface area contributed by atoms with E-state index in [-0.39, 0.29) is 23.0 Å². The average Bonchev–Trinajstić information content (AvgIpc) is 2.44. The smallest absolute Gasteiger partial charge is 0.311 e. The second-order valence-corrected chi connectivity index (χ2v) is 13.2. The molecule has 1 saturated heterocycles. The van der Waals surface area contributed by atoms with Crippen molar-refractivity contribution in [2.45, 2.75) is 64.3 Å². The number of piperidine rings is 1. The largest absolute Gasteiger partial charge is 0.469 e. The highest BCUT2D eigenvalue weighted by molar-refractivity contribution is 6.74. The maximum atomic E-state index is 12.5. The van der Waals surface area contributed by atoms with E-state index in [9.17, 15) is 4.79 Å². The topological polar surface area (TPSA) is 47.6 Å². The highest BCUT2D eigenvalue weighted by atomic mass is 28.4. The standard InChI is InChI=1S/C17H33NO3Si/c1-17(2,3)22(5,6)21-14-8-7-12-11-18-10-9-13(12)15(14)16(19)20-4/h12-15,18H,7-11H2,1-6H3/t12-,13-,14-,15+/m0/s1. The predicted octanol–water partition coefficient (Wildman–Crippen LogP) is 3.19. The molecule has 1 heterocycles. The number of carbonyl (C=O) groups is 1. The van der Waals surface area contributed by atoms with Crippen LogP contribution in [0.15, 0.2) is 0 Å². The molecule has 5 heteroatoms. The van der Waals surface area contributed by atoms with Gasteiger partial charge in [0.15, 0.2) is 8.32 Å². The van der Waals surface area contributed by atoms with Gasteiger partial charge in [0.25, 0.3) is 0 Å². The van der Waals surface area contributed by atoms with Crippen LogP contribution < -0.4 is 5.32 Å². The van der Waals surface area contributed by atoms with E-state index in [1.807, 2.05) is 0 Å². The number of esters is 1. The van der Waals surface area contributed by atoms with Crippen LogP contribution in [-0.4, -0.2) is 40.6 Å². The van der Waals surface area contributed by atoms with E-state index in [0.29, 0.717) is 11.8 Å².